The maximum absolute atomic E-state index is 13.7. The number of aromatic nitrogens is 1. The van der Waals surface area contributed by atoms with Crippen LogP contribution in [0.25, 0.3) is 5.69 Å². The second-order valence-corrected chi connectivity index (χ2v) is 5.78. The first-order valence-electron chi connectivity index (χ1n) is 7.32. The van der Waals surface area contributed by atoms with Crippen molar-refractivity contribution in [2.75, 3.05) is 0 Å². The van der Waals surface area contributed by atoms with E-state index in [-0.39, 0.29) is 24.2 Å². The van der Waals surface area contributed by atoms with Crippen LogP contribution in [0.1, 0.15) is 41.3 Å². The Morgan fingerprint density at radius 3 is 2.48 bits per heavy atom. The third-order valence-corrected chi connectivity index (χ3v) is 4.24. The first-order valence-corrected chi connectivity index (χ1v) is 7.32. The van der Waals surface area contributed by atoms with Gasteiger partial charge in [0.1, 0.15) is 18.1 Å². The summed E-state index contributed by atoms with van der Waals surface area (Å²) < 4.78 is 93.5. The second kappa shape index (κ2) is 6.05. The van der Waals surface area contributed by atoms with Gasteiger partial charge in [-0.05, 0) is 31.0 Å². The lowest BCUT2D eigenvalue weighted by Gasteiger charge is -2.25. The number of nitrogens with zero attached hydrogens (tertiary/aromatic N) is 1. The van der Waals surface area contributed by atoms with Crippen molar-refractivity contribution in [2.45, 2.75) is 37.7 Å². The molecule has 0 radical (unpaired) electrons. The molecule has 0 saturated carbocycles. The summed E-state index contributed by atoms with van der Waals surface area (Å²) in [4.78, 5) is 0. The molecule has 2 aromatic rings. The average molecular weight is 367 g/mol. The molecule has 1 aliphatic rings. The van der Waals surface area contributed by atoms with Gasteiger partial charge in [-0.2, -0.15) is 13.2 Å². The molecule has 0 bridgehead atoms. The molecule has 0 saturated heterocycles. The summed E-state index contributed by atoms with van der Waals surface area (Å²) in [7, 11) is 0. The number of benzene rings is 1. The Morgan fingerprint density at radius 2 is 1.88 bits per heavy atom. The number of aliphatic hydroxyl groups is 1. The normalized spacial score (nSPS) is 20.8. The molecule has 3 rings (SSSR count). The van der Waals surface area contributed by atoms with Gasteiger partial charge >= 0.3 is 6.18 Å². The lowest BCUT2D eigenvalue weighted by molar-refractivity contribution is -0.139. The van der Waals surface area contributed by atoms with E-state index in [9.17, 15) is 35.8 Å². The highest BCUT2D eigenvalue weighted by atomic mass is 19.4. The fraction of sp³-hybridized carbons (Fsp3) is 0.375. The number of hydrogen-bond acceptors (Lipinski definition) is 1. The summed E-state index contributed by atoms with van der Waals surface area (Å²) >= 11 is 0. The highest BCUT2D eigenvalue weighted by molar-refractivity contribution is 5.47. The summed E-state index contributed by atoms with van der Waals surface area (Å²) in [6, 6.07) is 2.53. The fourth-order valence-corrected chi connectivity index (χ4v) is 3.06. The van der Waals surface area contributed by atoms with E-state index in [0.29, 0.717) is 6.20 Å². The van der Waals surface area contributed by atoms with Gasteiger partial charge in [0, 0.05) is 23.1 Å². The summed E-state index contributed by atoms with van der Waals surface area (Å²) in [6.45, 7) is 0. The minimum atomic E-state index is -4.86. The number of alkyl halides is 6. The molecule has 2 nitrogen and oxygen atoms in total. The van der Waals surface area contributed by atoms with E-state index >= 15 is 0 Å². The van der Waals surface area contributed by atoms with Crippen molar-refractivity contribution in [2.24, 2.45) is 0 Å². The standard InChI is InChI=1S/C16H12F7NO/c17-10-2-1-7(5-8(10)15(19)20)24-6-9(16(21,22)23)13-12(24)4-3-11(18)14(13)25/h1-2,5-6,11,14-15,25H,3-4H2/t11-,14+/m1/s1. The summed E-state index contributed by atoms with van der Waals surface area (Å²) in [5, 5.41) is 9.85. The van der Waals surface area contributed by atoms with Gasteiger partial charge in [0.15, 0.2) is 0 Å². The molecule has 2 atom stereocenters. The van der Waals surface area contributed by atoms with Crippen molar-refractivity contribution >= 4 is 0 Å². The zero-order valence-corrected chi connectivity index (χ0v) is 12.5. The Balaban J connectivity index is 2.22. The highest BCUT2D eigenvalue weighted by Crippen LogP contribution is 2.43. The molecule has 0 fully saturated rings. The monoisotopic (exact) mass is 367 g/mol. The van der Waals surface area contributed by atoms with Crippen LogP contribution < -0.4 is 0 Å². The lowest BCUT2D eigenvalue weighted by Crippen LogP contribution is -2.24. The van der Waals surface area contributed by atoms with Crippen molar-refractivity contribution in [1.82, 2.24) is 4.57 Å². The molecule has 136 valence electrons. The van der Waals surface area contributed by atoms with Crippen LogP contribution in [0.5, 0.6) is 0 Å². The van der Waals surface area contributed by atoms with E-state index in [1.165, 1.54) is 0 Å². The molecular formula is C16H12F7NO. The Labute approximate surface area is 137 Å². The zero-order valence-electron chi connectivity index (χ0n) is 12.5. The number of hydrogen-bond donors (Lipinski definition) is 1. The SMILES string of the molecule is O[C@@H]1c2c(C(F)(F)F)cn(-c3ccc(F)c(C(F)F)c3)c2CC[C@H]1F. The smallest absolute Gasteiger partial charge is 0.385 e. The van der Waals surface area contributed by atoms with Crippen molar-refractivity contribution in [1.29, 1.82) is 0 Å². The van der Waals surface area contributed by atoms with E-state index in [0.717, 1.165) is 22.8 Å². The van der Waals surface area contributed by atoms with Gasteiger partial charge in [0.25, 0.3) is 6.43 Å². The van der Waals surface area contributed by atoms with Crippen LogP contribution in [0.2, 0.25) is 0 Å². The van der Waals surface area contributed by atoms with Gasteiger partial charge in [-0.15, -0.1) is 0 Å². The molecule has 0 aliphatic heterocycles. The van der Waals surface area contributed by atoms with Crippen LogP contribution in [0.3, 0.4) is 0 Å². The Morgan fingerprint density at radius 1 is 1.20 bits per heavy atom. The molecule has 1 aromatic carbocycles. The van der Waals surface area contributed by atoms with Crippen LogP contribution in [0.4, 0.5) is 30.7 Å². The minimum Gasteiger partial charge on any atom is -0.385 e. The largest absolute Gasteiger partial charge is 0.418 e. The maximum atomic E-state index is 13.7. The van der Waals surface area contributed by atoms with E-state index in [1.54, 1.807) is 0 Å². The molecule has 0 amide bonds. The van der Waals surface area contributed by atoms with Gasteiger partial charge < -0.3 is 9.67 Å². The van der Waals surface area contributed by atoms with Crippen LogP contribution in [-0.4, -0.2) is 15.8 Å². The zero-order chi connectivity index (χ0) is 18.5. The van der Waals surface area contributed by atoms with E-state index in [2.05, 4.69) is 0 Å². The van der Waals surface area contributed by atoms with Crippen molar-refractivity contribution < 1.29 is 35.8 Å². The minimum absolute atomic E-state index is 0.0273. The van der Waals surface area contributed by atoms with E-state index in [4.69, 9.17) is 0 Å². The molecule has 0 unspecified atom stereocenters. The van der Waals surface area contributed by atoms with Crippen LogP contribution in [0, 0.1) is 5.82 Å². The third kappa shape index (κ3) is 3.01. The quantitative estimate of drug-likeness (QED) is 0.752. The Kier molecular flexibility index (Phi) is 4.30. The Bertz CT molecular complexity index is 797. The molecule has 1 heterocycles. The Hall–Kier alpha value is -2.03. The number of rotatable bonds is 2. The number of aliphatic hydroxyl groups excluding tert-OH is 1. The number of fused-ring (bicyclic) bond motifs is 1. The van der Waals surface area contributed by atoms with Gasteiger partial charge in [0.2, 0.25) is 0 Å². The van der Waals surface area contributed by atoms with Crippen molar-refractivity contribution in [3.8, 4) is 5.69 Å². The molecular weight excluding hydrogens is 355 g/mol. The van der Waals surface area contributed by atoms with E-state index in [1.807, 2.05) is 0 Å². The summed E-state index contributed by atoms with van der Waals surface area (Å²) in [5.74, 6) is -1.18. The van der Waals surface area contributed by atoms with Crippen molar-refractivity contribution in [3.05, 3.63) is 52.6 Å². The molecule has 1 N–H and O–H groups in total. The van der Waals surface area contributed by atoms with Crippen molar-refractivity contribution in [3.63, 3.8) is 0 Å². The summed E-state index contributed by atoms with van der Waals surface area (Å²) in [6.07, 6.45) is -11.5. The predicted octanol–water partition coefficient (Wildman–Crippen LogP) is 4.89. The average Bonchev–Trinajstić information content (AvgIpc) is 2.91. The van der Waals surface area contributed by atoms with Crippen LogP contribution in [0.15, 0.2) is 24.4 Å². The fourth-order valence-electron chi connectivity index (χ4n) is 3.06. The highest BCUT2D eigenvalue weighted by Gasteiger charge is 2.43. The number of halogens is 7. The lowest BCUT2D eigenvalue weighted by atomic mass is 9.90. The van der Waals surface area contributed by atoms with Gasteiger partial charge in [-0.25, -0.2) is 17.6 Å². The third-order valence-electron chi connectivity index (χ3n) is 4.24. The molecule has 9 heteroatoms. The van der Waals surface area contributed by atoms with Crippen LogP contribution in [-0.2, 0) is 12.6 Å². The van der Waals surface area contributed by atoms with Crippen LogP contribution >= 0.6 is 0 Å². The van der Waals surface area contributed by atoms with E-state index < -0.39 is 47.4 Å². The molecule has 25 heavy (non-hydrogen) atoms. The van der Waals surface area contributed by atoms with Gasteiger partial charge in [-0.1, -0.05) is 0 Å². The topological polar surface area (TPSA) is 25.2 Å². The molecule has 1 aliphatic carbocycles. The first kappa shape index (κ1) is 17.8. The molecule has 1 aromatic heterocycles. The summed E-state index contributed by atoms with van der Waals surface area (Å²) in [5.41, 5.74) is -2.93. The molecule has 0 spiro atoms. The predicted molar refractivity (Wildman–Crippen MR) is 73.9 cm³/mol. The second-order valence-electron chi connectivity index (χ2n) is 5.78. The first-order chi connectivity index (χ1) is 11.6. The van der Waals surface area contributed by atoms with Gasteiger partial charge in [-0.3, -0.25) is 0 Å². The maximum Gasteiger partial charge on any atom is 0.418 e. The van der Waals surface area contributed by atoms with Gasteiger partial charge in [0.05, 0.1) is 11.1 Å².